The Kier molecular flexibility index (Phi) is 6.46. The monoisotopic (exact) mass is 418 g/mol. The van der Waals surface area contributed by atoms with Gasteiger partial charge in [0.1, 0.15) is 0 Å². The molecule has 1 atom stereocenters. The summed E-state index contributed by atoms with van der Waals surface area (Å²) in [5, 5.41) is 13.2. The Bertz CT molecular complexity index is 809. The first-order valence-corrected chi connectivity index (χ1v) is 11.3. The van der Waals surface area contributed by atoms with Crippen LogP contribution in [0.2, 0.25) is 0 Å². The van der Waals surface area contributed by atoms with Gasteiger partial charge < -0.3 is 9.64 Å². The smallest absolute Gasteiger partial charge is 0.324 e. The summed E-state index contributed by atoms with van der Waals surface area (Å²) in [7, 11) is 0. The van der Waals surface area contributed by atoms with E-state index in [1.54, 1.807) is 0 Å². The van der Waals surface area contributed by atoms with Crippen molar-refractivity contribution in [2.45, 2.75) is 52.1 Å². The zero-order valence-electron chi connectivity index (χ0n) is 17.2. The number of hydrogen-bond donors (Lipinski definition) is 2. The highest BCUT2D eigenvalue weighted by Gasteiger charge is 2.30. The lowest BCUT2D eigenvalue weighted by atomic mass is 9.99. The van der Waals surface area contributed by atoms with Crippen LogP contribution in [0.5, 0.6) is 0 Å². The number of amides is 2. The SMILES string of the molecule is Cc1n[nH]c(C)c1[C@@H]1CCCCCN1C(=O)Nc1nc(CN2CCOCC2)cs1. The molecule has 2 aliphatic heterocycles. The maximum atomic E-state index is 13.2. The van der Waals surface area contributed by atoms with Gasteiger partial charge in [0.15, 0.2) is 5.13 Å². The fraction of sp³-hybridized carbons (Fsp3) is 0.650. The van der Waals surface area contributed by atoms with Gasteiger partial charge in [-0.25, -0.2) is 9.78 Å². The van der Waals surface area contributed by atoms with E-state index in [1.165, 1.54) is 11.3 Å². The molecule has 0 bridgehead atoms. The number of nitrogens with one attached hydrogen (secondary N) is 2. The molecule has 0 saturated carbocycles. The number of thiazole rings is 1. The molecular weight excluding hydrogens is 388 g/mol. The number of morpholine rings is 1. The largest absolute Gasteiger partial charge is 0.379 e. The van der Waals surface area contributed by atoms with E-state index in [0.717, 1.165) is 87.7 Å². The number of H-pyrrole nitrogens is 1. The Balaban J connectivity index is 1.44. The number of nitrogens with zero attached hydrogens (tertiary/aromatic N) is 4. The van der Waals surface area contributed by atoms with E-state index in [-0.39, 0.29) is 12.1 Å². The van der Waals surface area contributed by atoms with Crippen molar-refractivity contribution >= 4 is 22.5 Å². The van der Waals surface area contributed by atoms with Crippen LogP contribution in [0.1, 0.15) is 54.4 Å². The molecule has 0 unspecified atom stereocenters. The Morgan fingerprint density at radius 1 is 1.28 bits per heavy atom. The van der Waals surface area contributed by atoms with Crippen LogP contribution in [-0.4, -0.2) is 63.9 Å². The molecule has 4 rings (SSSR count). The van der Waals surface area contributed by atoms with Crippen molar-refractivity contribution in [3.8, 4) is 0 Å². The van der Waals surface area contributed by atoms with Gasteiger partial charge in [-0.05, 0) is 26.7 Å². The van der Waals surface area contributed by atoms with E-state index in [1.807, 2.05) is 24.1 Å². The van der Waals surface area contributed by atoms with Crippen molar-refractivity contribution in [1.29, 1.82) is 0 Å². The molecule has 4 heterocycles. The normalized spacial score (nSPS) is 21.2. The molecule has 2 aliphatic rings. The molecule has 29 heavy (non-hydrogen) atoms. The van der Waals surface area contributed by atoms with E-state index in [2.05, 4.69) is 25.4 Å². The van der Waals surface area contributed by atoms with E-state index in [9.17, 15) is 4.79 Å². The van der Waals surface area contributed by atoms with Gasteiger partial charge >= 0.3 is 6.03 Å². The Hall–Kier alpha value is -1.97. The van der Waals surface area contributed by atoms with Crippen LogP contribution in [0.3, 0.4) is 0 Å². The minimum Gasteiger partial charge on any atom is -0.379 e. The number of urea groups is 1. The average molecular weight is 419 g/mol. The minimum atomic E-state index is -0.0656. The second-order valence-corrected chi connectivity index (χ2v) is 8.73. The van der Waals surface area contributed by atoms with Crippen LogP contribution < -0.4 is 5.32 Å². The summed E-state index contributed by atoms with van der Waals surface area (Å²) in [4.78, 5) is 22.1. The molecule has 0 aromatic carbocycles. The molecular formula is C20H30N6O2S. The number of likely N-dealkylation sites (tertiary alicyclic amines) is 1. The Morgan fingerprint density at radius 3 is 2.86 bits per heavy atom. The molecule has 2 fully saturated rings. The summed E-state index contributed by atoms with van der Waals surface area (Å²) in [5.41, 5.74) is 4.19. The quantitative estimate of drug-likeness (QED) is 0.794. The van der Waals surface area contributed by atoms with E-state index >= 15 is 0 Å². The summed E-state index contributed by atoms with van der Waals surface area (Å²) < 4.78 is 5.40. The topological polar surface area (TPSA) is 86.4 Å². The van der Waals surface area contributed by atoms with Crippen molar-refractivity contribution in [1.82, 2.24) is 25.0 Å². The fourth-order valence-corrected chi connectivity index (χ4v) is 4.98. The first-order valence-electron chi connectivity index (χ1n) is 10.5. The van der Waals surface area contributed by atoms with Crippen molar-refractivity contribution in [2.24, 2.45) is 0 Å². The number of rotatable bonds is 4. The van der Waals surface area contributed by atoms with Gasteiger partial charge in [-0.1, -0.05) is 12.8 Å². The standard InChI is InChI=1S/C20H30N6O2S/c1-14-18(15(2)24-23-14)17-6-4-3-5-7-26(17)20(27)22-19-21-16(13-29-19)12-25-8-10-28-11-9-25/h13,17H,3-12H2,1-2H3,(H,23,24)(H,21,22,27)/t17-/m0/s1. The second-order valence-electron chi connectivity index (χ2n) is 7.87. The lowest BCUT2D eigenvalue weighted by molar-refractivity contribution is 0.0337. The third-order valence-electron chi connectivity index (χ3n) is 5.79. The van der Waals surface area contributed by atoms with Gasteiger partial charge in [0.2, 0.25) is 0 Å². The molecule has 0 spiro atoms. The predicted molar refractivity (Wildman–Crippen MR) is 113 cm³/mol. The van der Waals surface area contributed by atoms with Gasteiger partial charge in [0.25, 0.3) is 0 Å². The molecule has 0 radical (unpaired) electrons. The van der Waals surface area contributed by atoms with Crippen LogP contribution >= 0.6 is 11.3 Å². The number of aromatic amines is 1. The number of hydrogen-bond acceptors (Lipinski definition) is 6. The number of carbonyl (C=O) groups is 1. The fourth-order valence-electron chi connectivity index (χ4n) is 4.29. The van der Waals surface area contributed by atoms with Crippen molar-refractivity contribution in [3.63, 3.8) is 0 Å². The number of carbonyl (C=O) groups excluding carboxylic acids is 1. The maximum absolute atomic E-state index is 13.2. The molecule has 2 amide bonds. The molecule has 2 aromatic rings. The molecule has 158 valence electrons. The third kappa shape index (κ3) is 4.79. The van der Waals surface area contributed by atoms with Crippen molar-refractivity contribution in [2.75, 3.05) is 38.2 Å². The van der Waals surface area contributed by atoms with Crippen LogP contribution in [-0.2, 0) is 11.3 Å². The van der Waals surface area contributed by atoms with Crippen molar-refractivity contribution < 1.29 is 9.53 Å². The number of aromatic nitrogens is 3. The van der Waals surface area contributed by atoms with Gasteiger partial charge in [0, 0.05) is 42.8 Å². The first-order chi connectivity index (χ1) is 14.1. The van der Waals surface area contributed by atoms with Gasteiger partial charge in [-0.2, -0.15) is 5.10 Å². The zero-order chi connectivity index (χ0) is 20.2. The summed E-state index contributed by atoms with van der Waals surface area (Å²) in [6, 6.07) is -0.00629. The molecule has 2 saturated heterocycles. The van der Waals surface area contributed by atoms with Gasteiger partial charge in [0.05, 0.1) is 30.6 Å². The average Bonchev–Trinajstić information content (AvgIpc) is 3.19. The Labute approximate surface area is 175 Å². The van der Waals surface area contributed by atoms with E-state index in [0.29, 0.717) is 5.13 Å². The number of ether oxygens (including phenoxy) is 1. The van der Waals surface area contributed by atoms with Crippen LogP contribution in [0.25, 0.3) is 0 Å². The highest BCUT2D eigenvalue weighted by atomic mass is 32.1. The Morgan fingerprint density at radius 2 is 2.10 bits per heavy atom. The van der Waals surface area contributed by atoms with Gasteiger partial charge in [-0.15, -0.1) is 11.3 Å². The van der Waals surface area contributed by atoms with E-state index in [4.69, 9.17) is 4.74 Å². The summed E-state index contributed by atoms with van der Waals surface area (Å²) in [6.45, 7) is 9.01. The molecule has 2 N–H and O–H groups in total. The summed E-state index contributed by atoms with van der Waals surface area (Å²) in [5.74, 6) is 0. The number of anilines is 1. The highest BCUT2D eigenvalue weighted by Crippen LogP contribution is 2.33. The molecule has 2 aromatic heterocycles. The highest BCUT2D eigenvalue weighted by molar-refractivity contribution is 7.13. The summed E-state index contributed by atoms with van der Waals surface area (Å²) in [6.07, 6.45) is 4.27. The van der Waals surface area contributed by atoms with E-state index < -0.39 is 0 Å². The predicted octanol–water partition coefficient (Wildman–Crippen LogP) is 3.46. The zero-order valence-corrected chi connectivity index (χ0v) is 18.1. The lowest BCUT2D eigenvalue weighted by Crippen LogP contribution is -2.38. The van der Waals surface area contributed by atoms with Crippen LogP contribution in [0.4, 0.5) is 9.93 Å². The van der Waals surface area contributed by atoms with Crippen molar-refractivity contribution in [3.05, 3.63) is 28.0 Å². The molecule has 8 nitrogen and oxygen atoms in total. The molecule has 9 heteroatoms. The lowest BCUT2D eigenvalue weighted by Gasteiger charge is -2.30. The maximum Gasteiger partial charge on any atom is 0.324 e. The summed E-state index contributed by atoms with van der Waals surface area (Å²) >= 11 is 1.49. The second kappa shape index (κ2) is 9.23. The van der Waals surface area contributed by atoms with Gasteiger partial charge in [-0.3, -0.25) is 15.3 Å². The third-order valence-corrected chi connectivity index (χ3v) is 6.59. The minimum absolute atomic E-state index is 0.0593. The van der Waals surface area contributed by atoms with Crippen LogP contribution in [0.15, 0.2) is 5.38 Å². The first kappa shape index (κ1) is 20.3. The number of aryl methyl sites for hydroxylation is 2. The van der Waals surface area contributed by atoms with Crippen LogP contribution in [0, 0.1) is 13.8 Å². The molecule has 0 aliphatic carbocycles.